The number of rotatable bonds is 12. The Kier molecular flexibility index (Phi) is 25.6. The second-order valence-electron chi connectivity index (χ2n) is 16.0. The monoisotopic (exact) mass is 769 g/mol. The van der Waals surface area contributed by atoms with Crippen molar-refractivity contribution in [3.8, 4) is 0 Å². The summed E-state index contributed by atoms with van der Waals surface area (Å²) in [4.78, 5) is 23.3. The molecule has 1 heterocycles. The summed E-state index contributed by atoms with van der Waals surface area (Å²) in [7, 11) is 2.66. The highest BCUT2D eigenvalue weighted by atomic mass is 35.5. The molecular formula is C47H74ClO4P. The van der Waals surface area contributed by atoms with E-state index in [0.29, 0.717) is 16.6 Å². The van der Waals surface area contributed by atoms with Crippen molar-refractivity contribution in [1.82, 2.24) is 0 Å². The van der Waals surface area contributed by atoms with Crippen LogP contribution in [0.1, 0.15) is 165 Å². The number of carbonyl (C=O) groups is 2. The molecule has 0 amide bonds. The molecular weight excluding hydrogens is 695 g/mol. The van der Waals surface area contributed by atoms with Gasteiger partial charge in [0.1, 0.15) is 5.42 Å². The molecule has 2 atom stereocenters. The van der Waals surface area contributed by atoms with Crippen molar-refractivity contribution in [2.75, 3.05) is 0 Å². The van der Waals surface area contributed by atoms with E-state index in [1.54, 1.807) is 13.0 Å². The van der Waals surface area contributed by atoms with Crippen molar-refractivity contribution in [2.45, 2.75) is 149 Å². The van der Waals surface area contributed by atoms with Crippen LogP contribution in [0.4, 0.5) is 0 Å². The number of carbonyl (C=O) groups excluding carboxylic acids is 1. The van der Waals surface area contributed by atoms with Crippen LogP contribution in [-0.4, -0.2) is 16.9 Å². The zero-order valence-electron chi connectivity index (χ0n) is 36.1. The molecule has 298 valence electrons. The fourth-order valence-corrected chi connectivity index (χ4v) is 5.39. The summed E-state index contributed by atoms with van der Waals surface area (Å²) in [6.07, 6.45) is 13.6. The lowest BCUT2D eigenvalue weighted by Gasteiger charge is -2.20. The topological polar surface area (TPSA) is 67.5 Å². The van der Waals surface area contributed by atoms with E-state index in [9.17, 15) is 9.59 Å². The Morgan fingerprint density at radius 3 is 1.87 bits per heavy atom. The summed E-state index contributed by atoms with van der Waals surface area (Å²) in [6, 6.07) is 7.72. The summed E-state index contributed by atoms with van der Waals surface area (Å²) >= 11 is 6.15. The number of halogens is 1. The second-order valence-corrected chi connectivity index (χ2v) is 17.1. The standard InChI is InChI=1S/C24H30ClO2P.C12H18O2.C7H16.C4H10/c1-8-14(2)22(26)20-12-16(4)23(27-20)18(24(5,6)7)11-15(3)17-9-10-19(25)21(28)13-17;1-5-7-9(3)8-10(4)11(6-2)12(13)14;1-5-6-7(2,3)4;1-3-4-2/h9-14H,4,8,28H2,1-3,5-7H3;6,8H,2,5,7H2,1,3-4H3,(H,13,14);5-6H2,1-4H3;3-4H2,1-2H3/b15-11+,23-18-;9-8-,11-10+;;. The summed E-state index contributed by atoms with van der Waals surface area (Å²) in [5.74, 6) is -0.569. The minimum Gasteiger partial charge on any atom is -0.478 e. The first kappa shape index (κ1) is 52.2. The van der Waals surface area contributed by atoms with Gasteiger partial charge in [0, 0.05) is 21.7 Å². The van der Waals surface area contributed by atoms with Gasteiger partial charge in [-0.05, 0) is 91.1 Å². The third kappa shape index (κ3) is 20.9. The fraction of sp³-hybridized carbons (Fsp3) is 0.532. The number of hydrogen-bond donors (Lipinski definition) is 1. The molecule has 0 spiro atoms. The predicted octanol–water partition coefficient (Wildman–Crippen LogP) is 13.3. The predicted molar refractivity (Wildman–Crippen MR) is 239 cm³/mol. The van der Waals surface area contributed by atoms with Gasteiger partial charge in [-0.15, -0.1) is 9.24 Å². The van der Waals surface area contributed by atoms with Crippen LogP contribution in [0.25, 0.3) is 17.7 Å². The maximum absolute atomic E-state index is 12.6. The molecule has 1 aromatic carbocycles. The van der Waals surface area contributed by atoms with Crippen LogP contribution in [0.5, 0.6) is 0 Å². The van der Waals surface area contributed by atoms with Gasteiger partial charge < -0.3 is 9.52 Å². The lowest BCUT2D eigenvalue weighted by Crippen LogP contribution is -2.26. The number of carboxylic acid groups (broad SMARTS) is 1. The van der Waals surface area contributed by atoms with Crippen molar-refractivity contribution >= 4 is 55.6 Å². The number of allylic oxidation sites excluding steroid dienone is 5. The Bertz CT molecular complexity index is 1650. The Labute approximate surface area is 331 Å². The Balaban J connectivity index is 0. The zero-order chi connectivity index (χ0) is 41.7. The number of Topliss-reactive ketones (excluding diaryl/α,β-unsaturated/α-hetero) is 1. The third-order valence-corrected chi connectivity index (χ3v) is 9.45. The van der Waals surface area contributed by atoms with E-state index in [-0.39, 0.29) is 22.7 Å². The van der Waals surface area contributed by atoms with E-state index in [1.807, 2.05) is 45.0 Å². The van der Waals surface area contributed by atoms with Crippen molar-refractivity contribution in [2.24, 2.45) is 16.7 Å². The molecule has 0 aliphatic carbocycles. The van der Waals surface area contributed by atoms with Crippen molar-refractivity contribution in [3.05, 3.63) is 92.8 Å². The number of furan rings is 1. The van der Waals surface area contributed by atoms with Crippen LogP contribution in [-0.2, 0) is 4.79 Å². The first-order valence-corrected chi connectivity index (χ1v) is 20.3. The quantitative estimate of drug-likeness (QED) is 0.101. The zero-order valence-corrected chi connectivity index (χ0v) is 38.0. The summed E-state index contributed by atoms with van der Waals surface area (Å²) in [6.45, 7) is 39.3. The van der Waals surface area contributed by atoms with Crippen LogP contribution in [0.2, 0.25) is 5.02 Å². The maximum Gasteiger partial charge on any atom is 0.335 e. The van der Waals surface area contributed by atoms with E-state index in [2.05, 4.69) is 105 Å². The lowest BCUT2D eigenvalue weighted by atomic mass is 9.84. The lowest BCUT2D eigenvalue weighted by molar-refractivity contribution is -0.132. The van der Waals surface area contributed by atoms with Gasteiger partial charge in [-0.25, -0.2) is 4.79 Å². The molecule has 0 saturated heterocycles. The largest absolute Gasteiger partial charge is 0.478 e. The molecule has 2 rings (SSSR count). The molecule has 0 radical (unpaired) electrons. The first-order chi connectivity index (χ1) is 24.4. The smallest absolute Gasteiger partial charge is 0.335 e. The highest BCUT2D eigenvalue weighted by molar-refractivity contribution is 7.28. The van der Waals surface area contributed by atoms with E-state index < -0.39 is 5.97 Å². The van der Waals surface area contributed by atoms with Crippen LogP contribution < -0.4 is 15.9 Å². The van der Waals surface area contributed by atoms with Crippen LogP contribution in [0, 0.1) is 16.7 Å². The van der Waals surface area contributed by atoms with E-state index in [1.165, 1.54) is 37.3 Å². The molecule has 2 aromatic rings. The minimum atomic E-state index is -0.918. The molecule has 1 N–H and O–H groups in total. The molecule has 0 saturated carbocycles. The molecule has 0 aliphatic rings. The van der Waals surface area contributed by atoms with Crippen molar-refractivity contribution in [1.29, 1.82) is 0 Å². The molecule has 2 unspecified atom stereocenters. The molecule has 1 aromatic heterocycles. The second kappa shape index (κ2) is 26.0. The molecule has 53 heavy (non-hydrogen) atoms. The van der Waals surface area contributed by atoms with Crippen LogP contribution in [0.3, 0.4) is 0 Å². The summed E-state index contributed by atoms with van der Waals surface area (Å²) in [5.41, 5.74) is 6.48. The molecule has 6 heteroatoms. The minimum absolute atomic E-state index is 0.0259. The normalized spacial score (nSPS) is 13.5. The molecule has 0 fully saturated rings. The highest BCUT2D eigenvalue weighted by Crippen LogP contribution is 2.30. The van der Waals surface area contributed by atoms with Gasteiger partial charge >= 0.3 is 5.97 Å². The third-order valence-electron chi connectivity index (χ3n) is 8.44. The van der Waals surface area contributed by atoms with Gasteiger partial charge in [0.15, 0.2) is 5.76 Å². The Morgan fingerprint density at radius 1 is 0.925 bits per heavy atom. The Morgan fingerprint density at radius 2 is 1.49 bits per heavy atom. The maximum atomic E-state index is 12.6. The summed E-state index contributed by atoms with van der Waals surface area (Å²) in [5, 5.41) is 11.3. The molecule has 4 nitrogen and oxygen atoms in total. The van der Waals surface area contributed by atoms with Gasteiger partial charge in [-0.1, -0.05) is 163 Å². The van der Waals surface area contributed by atoms with Gasteiger partial charge in [0.05, 0.1) is 5.57 Å². The number of carboxylic acids is 1. The molecule has 0 bridgehead atoms. The fourth-order valence-electron chi connectivity index (χ4n) is 5.00. The van der Waals surface area contributed by atoms with E-state index in [0.717, 1.165) is 57.1 Å². The van der Waals surface area contributed by atoms with Crippen molar-refractivity contribution in [3.63, 3.8) is 0 Å². The highest BCUT2D eigenvalue weighted by Gasteiger charge is 2.22. The van der Waals surface area contributed by atoms with Crippen LogP contribution in [0.15, 0.2) is 70.2 Å². The number of aliphatic carboxylic acids is 1. The van der Waals surface area contributed by atoms with Gasteiger partial charge in [-0.2, -0.15) is 0 Å². The van der Waals surface area contributed by atoms with Crippen LogP contribution >= 0.6 is 20.8 Å². The molecule has 0 aliphatic heterocycles. The SMILES string of the molecule is C=C/C(C(=O)O)=C(C)\C=C(\C)CCC.C=c1cc(C(=O)C(C)CC)o/c1=C(/C=C(\C)c1ccc(Cl)c(P)c1)C(C)(C)C.CCCC.CCCC(C)(C)C. The van der Waals surface area contributed by atoms with Crippen molar-refractivity contribution < 1.29 is 19.1 Å². The summed E-state index contributed by atoms with van der Waals surface area (Å²) < 4.78 is 6.05. The Hall–Kier alpha value is -2.94. The van der Waals surface area contributed by atoms with Gasteiger partial charge in [0.25, 0.3) is 0 Å². The number of hydrogen-bond acceptors (Lipinski definition) is 3. The number of ketones is 1. The first-order valence-electron chi connectivity index (χ1n) is 19.3. The van der Waals surface area contributed by atoms with E-state index >= 15 is 0 Å². The van der Waals surface area contributed by atoms with E-state index in [4.69, 9.17) is 21.1 Å². The number of benzene rings is 1. The van der Waals surface area contributed by atoms with Gasteiger partial charge in [0.2, 0.25) is 5.78 Å². The van der Waals surface area contributed by atoms with Gasteiger partial charge in [-0.3, -0.25) is 4.79 Å². The number of unbranched alkanes of at least 4 members (excludes halogenated alkanes) is 1. The average molecular weight is 770 g/mol. The average Bonchev–Trinajstić information content (AvgIpc) is 3.44.